The molecule has 0 spiro atoms. The van der Waals surface area contributed by atoms with Crippen molar-refractivity contribution in [3.8, 4) is 11.5 Å². The van der Waals surface area contributed by atoms with Crippen LogP contribution in [-0.2, 0) is 0 Å². The number of hydrogen-bond donors (Lipinski definition) is 2. The monoisotopic (exact) mass is 392 g/mol. The lowest BCUT2D eigenvalue weighted by Gasteiger charge is -2.23. The van der Waals surface area contributed by atoms with Gasteiger partial charge in [0.2, 0.25) is 0 Å². The Kier molecular flexibility index (Phi) is 7.54. The van der Waals surface area contributed by atoms with E-state index in [2.05, 4.69) is 36.6 Å². The first-order valence-electron chi connectivity index (χ1n) is 8.48. The molecule has 0 aromatic heterocycles. The van der Waals surface area contributed by atoms with Crippen LogP contribution in [0.3, 0.4) is 0 Å². The van der Waals surface area contributed by atoms with Crippen LogP contribution in [0, 0.1) is 5.92 Å². The number of benzene rings is 2. The second-order valence-electron chi connectivity index (χ2n) is 6.40. The molecule has 0 amide bonds. The van der Waals surface area contributed by atoms with Gasteiger partial charge in [0.05, 0.1) is 25.3 Å². The van der Waals surface area contributed by atoms with E-state index in [1.807, 2.05) is 24.3 Å². The summed E-state index contributed by atoms with van der Waals surface area (Å²) in [7, 11) is 3.25. The third-order valence-corrected chi connectivity index (χ3v) is 4.46. The minimum absolute atomic E-state index is 0.106. The number of methoxy groups -OCH3 is 2. The maximum atomic E-state index is 6.17. The molecule has 2 rings (SSSR count). The van der Waals surface area contributed by atoms with Gasteiger partial charge in [-0.15, -0.1) is 0 Å². The largest absolute Gasteiger partial charge is 0.497 e. The lowest BCUT2D eigenvalue weighted by Crippen LogP contribution is -2.33. The van der Waals surface area contributed by atoms with Gasteiger partial charge in [0, 0.05) is 5.69 Å². The van der Waals surface area contributed by atoms with Crippen LogP contribution in [0.25, 0.3) is 0 Å². The van der Waals surface area contributed by atoms with Crippen molar-refractivity contribution >= 4 is 34.6 Å². The highest BCUT2D eigenvalue weighted by Crippen LogP contribution is 2.28. The second kappa shape index (κ2) is 9.64. The molecule has 0 aliphatic carbocycles. The van der Waals surface area contributed by atoms with E-state index in [4.69, 9.17) is 33.3 Å². The van der Waals surface area contributed by atoms with Crippen LogP contribution in [-0.4, -0.2) is 19.3 Å². The van der Waals surface area contributed by atoms with Gasteiger partial charge in [-0.05, 0) is 60.5 Å². The fourth-order valence-electron chi connectivity index (χ4n) is 2.66. The predicted molar refractivity (Wildman–Crippen MR) is 113 cm³/mol. The zero-order valence-electron chi connectivity index (χ0n) is 15.5. The van der Waals surface area contributed by atoms with Gasteiger partial charge in [-0.2, -0.15) is 0 Å². The van der Waals surface area contributed by atoms with Crippen molar-refractivity contribution in [2.75, 3.05) is 19.5 Å². The summed E-state index contributed by atoms with van der Waals surface area (Å²) in [6, 6.07) is 13.6. The van der Waals surface area contributed by atoms with E-state index in [0.717, 1.165) is 23.4 Å². The SMILES string of the molecule is COc1ccc([C@H](CC(C)C)NC(=S)Nc2ccc(OC)c(Cl)c2)cc1. The van der Waals surface area contributed by atoms with Gasteiger partial charge in [-0.25, -0.2) is 0 Å². The highest BCUT2D eigenvalue weighted by Gasteiger charge is 2.15. The van der Waals surface area contributed by atoms with Crippen molar-refractivity contribution in [2.24, 2.45) is 5.92 Å². The lowest BCUT2D eigenvalue weighted by molar-refractivity contribution is 0.414. The quantitative estimate of drug-likeness (QED) is 0.615. The Bertz CT molecular complexity index is 735. The third-order valence-electron chi connectivity index (χ3n) is 3.94. The summed E-state index contributed by atoms with van der Waals surface area (Å²) >= 11 is 11.7. The smallest absolute Gasteiger partial charge is 0.171 e. The first-order chi connectivity index (χ1) is 12.4. The Morgan fingerprint density at radius 1 is 1.08 bits per heavy atom. The Balaban J connectivity index is 2.09. The molecule has 0 heterocycles. The summed E-state index contributed by atoms with van der Waals surface area (Å²) in [6.07, 6.45) is 0.956. The molecule has 2 aromatic carbocycles. The van der Waals surface area contributed by atoms with Crippen LogP contribution in [0.1, 0.15) is 31.9 Å². The molecule has 140 valence electrons. The lowest BCUT2D eigenvalue weighted by atomic mass is 9.97. The molecule has 0 fully saturated rings. The molecule has 1 atom stereocenters. The highest BCUT2D eigenvalue weighted by atomic mass is 35.5. The van der Waals surface area contributed by atoms with E-state index >= 15 is 0 Å². The normalized spacial score (nSPS) is 11.8. The fraction of sp³-hybridized carbons (Fsp3) is 0.350. The average Bonchev–Trinajstić information content (AvgIpc) is 2.61. The van der Waals surface area contributed by atoms with Crippen LogP contribution in [0.15, 0.2) is 42.5 Å². The van der Waals surface area contributed by atoms with E-state index in [1.54, 1.807) is 20.3 Å². The van der Waals surface area contributed by atoms with Crippen molar-refractivity contribution in [1.82, 2.24) is 5.32 Å². The Morgan fingerprint density at radius 2 is 1.77 bits per heavy atom. The van der Waals surface area contributed by atoms with Crippen molar-refractivity contribution in [3.05, 3.63) is 53.1 Å². The van der Waals surface area contributed by atoms with Gasteiger partial charge in [0.1, 0.15) is 11.5 Å². The Morgan fingerprint density at radius 3 is 2.31 bits per heavy atom. The van der Waals surface area contributed by atoms with E-state index in [9.17, 15) is 0 Å². The zero-order chi connectivity index (χ0) is 19.1. The van der Waals surface area contributed by atoms with Crippen LogP contribution in [0.2, 0.25) is 5.02 Å². The number of thiocarbonyl (C=S) groups is 1. The molecule has 0 saturated heterocycles. The van der Waals surface area contributed by atoms with Crippen molar-refractivity contribution in [2.45, 2.75) is 26.3 Å². The third kappa shape index (κ3) is 5.78. The molecule has 2 aromatic rings. The topological polar surface area (TPSA) is 42.5 Å². The summed E-state index contributed by atoms with van der Waals surface area (Å²) < 4.78 is 10.4. The van der Waals surface area contributed by atoms with Crippen LogP contribution >= 0.6 is 23.8 Å². The first kappa shape index (κ1) is 20.3. The molecule has 6 heteroatoms. The van der Waals surface area contributed by atoms with Gasteiger partial charge < -0.3 is 20.1 Å². The van der Waals surface area contributed by atoms with Crippen LogP contribution < -0.4 is 20.1 Å². The summed E-state index contributed by atoms with van der Waals surface area (Å²) in [6.45, 7) is 4.38. The minimum atomic E-state index is 0.106. The Hall–Kier alpha value is -1.98. The van der Waals surface area contributed by atoms with Gasteiger partial charge in [-0.3, -0.25) is 0 Å². The number of halogens is 1. The van der Waals surface area contributed by atoms with E-state index in [0.29, 0.717) is 21.8 Å². The van der Waals surface area contributed by atoms with E-state index in [-0.39, 0.29) is 6.04 Å². The molecule has 2 N–H and O–H groups in total. The second-order valence-corrected chi connectivity index (χ2v) is 7.22. The number of nitrogens with one attached hydrogen (secondary N) is 2. The molecule has 26 heavy (non-hydrogen) atoms. The average molecular weight is 393 g/mol. The number of ether oxygens (including phenoxy) is 2. The Labute approximate surface area is 165 Å². The summed E-state index contributed by atoms with van der Waals surface area (Å²) in [5.74, 6) is 1.99. The minimum Gasteiger partial charge on any atom is -0.497 e. The van der Waals surface area contributed by atoms with Gasteiger partial charge in [0.15, 0.2) is 5.11 Å². The van der Waals surface area contributed by atoms with Crippen LogP contribution in [0.4, 0.5) is 5.69 Å². The molecule has 0 aliphatic heterocycles. The van der Waals surface area contributed by atoms with Gasteiger partial charge >= 0.3 is 0 Å². The molecule has 0 radical (unpaired) electrons. The molecule has 0 aliphatic rings. The maximum absolute atomic E-state index is 6.17. The standard InChI is InChI=1S/C20H25ClN2O2S/c1-13(2)11-18(14-5-8-16(24-3)9-6-14)23-20(26)22-15-7-10-19(25-4)17(21)12-15/h5-10,12-13,18H,11H2,1-4H3,(H2,22,23,26)/t18-/m0/s1. The predicted octanol–water partition coefficient (Wildman–Crippen LogP) is 5.43. The molecule has 0 unspecified atom stereocenters. The van der Waals surface area contributed by atoms with Gasteiger partial charge in [0.25, 0.3) is 0 Å². The van der Waals surface area contributed by atoms with E-state index < -0.39 is 0 Å². The fourth-order valence-corrected chi connectivity index (χ4v) is 3.17. The molecule has 0 bridgehead atoms. The summed E-state index contributed by atoms with van der Waals surface area (Å²) in [5, 5.41) is 7.67. The van der Waals surface area contributed by atoms with Crippen molar-refractivity contribution in [3.63, 3.8) is 0 Å². The molecule has 4 nitrogen and oxygen atoms in total. The zero-order valence-corrected chi connectivity index (χ0v) is 17.1. The summed E-state index contributed by atoms with van der Waals surface area (Å²) in [5.41, 5.74) is 1.97. The number of rotatable bonds is 7. The molecule has 0 saturated carbocycles. The van der Waals surface area contributed by atoms with Gasteiger partial charge in [-0.1, -0.05) is 37.6 Å². The van der Waals surface area contributed by atoms with Crippen molar-refractivity contribution in [1.29, 1.82) is 0 Å². The molecular weight excluding hydrogens is 368 g/mol. The summed E-state index contributed by atoms with van der Waals surface area (Å²) in [4.78, 5) is 0. The van der Waals surface area contributed by atoms with Crippen LogP contribution in [0.5, 0.6) is 11.5 Å². The highest BCUT2D eigenvalue weighted by molar-refractivity contribution is 7.80. The van der Waals surface area contributed by atoms with Crippen molar-refractivity contribution < 1.29 is 9.47 Å². The first-order valence-corrected chi connectivity index (χ1v) is 9.26. The molecular formula is C20H25ClN2O2S. The van der Waals surface area contributed by atoms with E-state index in [1.165, 1.54) is 0 Å². The number of anilines is 1. The number of hydrogen-bond acceptors (Lipinski definition) is 3. The maximum Gasteiger partial charge on any atom is 0.171 e.